The first-order chi connectivity index (χ1) is 28.8. The average molecular weight is 829 g/mol. The molecule has 3 rings (SSSR count). The average Bonchev–Trinajstić information content (AvgIpc) is 3.57. The van der Waals surface area contributed by atoms with E-state index in [1.54, 1.807) is 28.8 Å². The van der Waals surface area contributed by atoms with Gasteiger partial charge in [0.05, 0.1) is 85.3 Å². The molecule has 0 heterocycles. The maximum atomic E-state index is 13.4. The lowest BCUT2D eigenvalue weighted by Gasteiger charge is -2.28. The maximum absolute atomic E-state index is 13.4. The molecule has 0 bridgehead atoms. The van der Waals surface area contributed by atoms with Crippen LogP contribution in [0, 0.1) is 0 Å². The summed E-state index contributed by atoms with van der Waals surface area (Å²) in [6.45, 7) is 10.7. The Kier molecular flexibility index (Phi) is 25.0. The summed E-state index contributed by atoms with van der Waals surface area (Å²) in [6, 6.07) is 16.3. The summed E-state index contributed by atoms with van der Waals surface area (Å²) in [4.78, 5) is 56.3. The van der Waals surface area contributed by atoms with E-state index in [1.807, 2.05) is 31.2 Å². The molecule has 2 aromatic rings. The predicted molar refractivity (Wildman–Crippen MR) is 224 cm³/mol. The minimum atomic E-state index is -0.535. The molecule has 59 heavy (non-hydrogen) atoms. The van der Waals surface area contributed by atoms with Gasteiger partial charge in [-0.1, -0.05) is 62.4 Å². The van der Waals surface area contributed by atoms with Gasteiger partial charge in [-0.05, 0) is 35.1 Å². The highest BCUT2D eigenvalue weighted by Crippen LogP contribution is 2.44. The fourth-order valence-corrected chi connectivity index (χ4v) is 6.30. The van der Waals surface area contributed by atoms with Crippen LogP contribution in [0.3, 0.4) is 0 Å². The third kappa shape index (κ3) is 19.2. The molecule has 4 amide bonds. The highest BCUT2D eigenvalue weighted by atomic mass is 16.6. The van der Waals surface area contributed by atoms with Crippen molar-refractivity contribution in [3.05, 3.63) is 59.7 Å². The molecule has 0 saturated carbocycles. The van der Waals surface area contributed by atoms with Crippen molar-refractivity contribution in [1.29, 1.82) is 0 Å². The Morgan fingerprint density at radius 1 is 0.525 bits per heavy atom. The minimum Gasteiger partial charge on any atom is -0.449 e. The molecule has 15 nitrogen and oxygen atoms in total. The van der Waals surface area contributed by atoms with Gasteiger partial charge < -0.3 is 53.2 Å². The number of fused-ring (bicyclic) bond motifs is 3. The van der Waals surface area contributed by atoms with Crippen LogP contribution in [-0.2, 0) is 47.5 Å². The molecule has 0 saturated heterocycles. The van der Waals surface area contributed by atoms with Gasteiger partial charge in [0.15, 0.2) is 0 Å². The first-order valence-electron chi connectivity index (χ1n) is 21.1. The number of nitrogens with one attached hydrogen (secondary N) is 1. The summed E-state index contributed by atoms with van der Waals surface area (Å²) >= 11 is 0. The number of nitrogens with zero attached hydrogens (tertiary/aromatic N) is 3. The number of amides is 4. The van der Waals surface area contributed by atoms with E-state index in [-0.39, 0.29) is 95.6 Å². The zero-order chi connectivity index (χ0) is 42.5. The first-order valence-corrected chi connectivity index (χ1v) is 21.1. The highest BCUT2D eigenvalue weighted by molar-refractivity contribution is 5.79. The molecule has 15 heteroatoms. The quantitative estimate of drug-likeness (QED) is 0.102. The van der Waals surface area contributed by atoms with Gasteiger partial charge in [0.2, 0.25) is 17.7 Å². The van der Waals surface area contributed by atoms with Crippen LogP contribution in [0.25, 0.3) is 11.1 Å². The zero-order valence-corrected chi connectivity index (χ0v) is 35.8. The van der Waals surface area contributed by atoms with Gasteiger partial charge in [0, 0.05) is 66.0 Å². The lowest BCUT2D eigenvalue weighted by molar-refractivity contribution is -0.137. The van der Waals surface area contributed by atoms with Crippen LogP contribution >= 0.6 is 0 Å². The summed E-state index contributed by atoms with van der Waals surface area (Å²) < 4.78 is 38.6. The molecule has 1 aliphatic rings. The Bertz CT molecular complexity index is 1470. The van der Waals surface area contributed by atoms with Crippen LogP contribution < -0.4 is 5.32 Å². The number of hydrogen-bond donors (Lipinski definition) is 1. The second-order valence-corrected chi connectivity index (χ2v) is 14.2. The third-order valence-electron chi connectivity index (χ3n) is 9.67. The van der Waals surface area contributed by atoms with Crippen molar-refractivity contribution >= 4 is 23.8 Å². The van der Waals surface area contributed by atoms with Gasteiger partial charge >= 0.3 is 6.09 Å². The zero-order valence-electron chi connectivity index (χ0n) is 35.8. The van der Waals surface area contributed by atoms with Crippen LogP contribution in [0.15, 0.2) is 48.5 Å². The number of ether oxygens (including phenoxy) is 7. The van der Waals surface area contributed by atoms with Gasteiger partial charge in [0.1, 0.15) is 6.61 Å². The van der Waals surface area contributed by atoms with Crippen molar-refractivity contribution in [2.45, 2.75) is 51.9 Å². The number of carbonyl (C=O) groups excluding carboxylic acids is 4. The lowest BCUT2D eigenvalue weighted by Crippen LogP contribution is -2.44. The number of benzene rings is 2. The fraction of sp³-hybridized carbons (Fsp3) is 0.636. The van der Waals surface area contributed by atoms with Crippen LogP contribution in [0.4, 0.5) is 4.79 Å². The van der Waals surface area contributed by atoms with Gasteiger partial charge in [0.25, 0.3) is 0 Å². The Morgan fingerprint density at radius 3 is 1.41 bits per heavy atom. The van der Waals surface area contributed by atoms with Crippen LogP contribution in [0.5, 0.6) is 0 Å². The monoisotopic (exact) mass is 828 g/mol. The van der Waals surface area contributed by atoms with Crippen LogP contribution in [0.1, 0.15) is 63.0 Å². The van der Waals surface area contributed by atoms with Gasteiger partial charge in [-0.15, -0.1) is 0 Å². The van der Waals surface area contributed by atoms with E-state index in [0.29, 0.717) is 65.9 Å². The molecule has 0 radical (unpaired) electrons. The molecular formula is C44H68N4O11. The number of rotatable bonds is 33. The van der Waals surface area contributed by atoms with E-state index in [2.05, 4.69) is 36.5 Å². The van der Waals surface area contributed by atoms with E-state index < -0.39 is 6.09 Å². The molecule has 0 fully saturated rings. The van der Waals surface area contributed by atoms with Gasteiger partial charge in [-0.3, -0.25) is 14.4 Å². The summed E-state index contributed by atoms with van der Waals surface area (Å²) in [7, 11) is 3.39. The van der Waals surface area contributed by atoms with Crippen molar-refractivity contribution in [2.24, 2.45) is 0 Å². The smallest absolute Gasteiger partial charge is 0.407 e. The van der Waals surface area contributed by atoms with Gasteiger partial charge in [-0.25, -0.2) is 4.79 Å². The summed E-state index contributed by atoms with van der Waals surface area (Å²) in [6.07, 6.45) is 1.88. The first kappa shape index (κ1) is 49.2. The van der Waals surface area contributed by atoms with E-state index >= 15 is 0 Å². The van der Waals surface area contributed by atoms with Crippen LogP contribution in [0.2, 0.25) is 0 Å². The van der Waals surface area contributed by atoms with Crippen molar-refractivity contribution in [1.82, 2.24) is 20.0 Å². The van der Waals surface area contributed by atoms with Crippen molar-refractivity contribution in [3.63, 3.8) is 0 Å². The van der Waals surface area contributed by atoms with E-state index in [4.69, 9.17) is 33.2 Å². The SMILES string of the molecule is CCCOCCOCCOCCC(=O)N(C)CCN(CCN(C)C(=O)CCOCCOCCC)C(=O)CCOCCNC(=O)OCC1c2ccccc2-c2ccccc21. The largest absolute Gasteiger partial charge is 0.449 e. The number of hydrogen-bond acceptors (Lipinski definition) is 11. The van der Waals surface area contributed by atoms with Crippen molar-refractivity contribution in [2.75, 3.05) is 133 Å². The molecule has 330 valence electrons. The van der Waals surface area contributed by atoms with E-state index in [0.717, 1.165) is 35.1 Å². The number of likely N-dealkylation sites (N-methyl/N-ethyl adjacent to an activating group) is 2. The van der Waals surface area contributed by atoms with E-state index in [9.17, 15) is 19.2 Å². The molecule has 2 aromatic carbocycles. The molecule has 1 aliphatic carbocycles. The number of carbonyl (C=O) groups is 4. The number of alkyl carbamates (subject to hydrolysis) is 1. The minimum absolute atomic E-state index is 0.0329. The topological polar surface area (TPSA) is 155 Å². The Balaban J connectivity index is 1.38. The molecule has 0 unspecified atom stereocenters. The standard InChI is InChI=1S/C44H68N4O11/c1-5-23-53-29-31-56-25-15-41(49)46(3)19-21-48(22-20-47(4)42(50)16-26-57-32-34-58-33-30-54-24-6-2)43(51)17-27-55-28-18-45-44(52)59-35-40-38-13-9-7-11-36(38)37-12-8-10-14-39(37)40/h7-14,40H,5-6,15-35H2,1-4H3,(H,45,52). The highest BCUT2D eigenvalue weighted by Gasteiger charge is 2.29. The lowest BCUT2D eigenvalue weighted by atomic mass is 9.98. The van der Waals surface area contributed by atoms with Crippen molar-refractivity contribution in [3.8, 4) is 11.1 Å². The fourth-order valence-electron chi connectivity index (χ4n) is 6.30. The van der Waals surface area contributed by atoms with E-state index in [1.165, 1.54) is 0 Å². The molecule has 0 spiro atoms. The van der Waals surface area contributed by atoms with Gasteiger partial charge in [-0.2, -0.15) is 0 Å². The summed E-state index contributed by atoms with van der Waals surface area (Å²) in [5, 5.41) is 2.73. The second-order valence-electron chi connectivity index (χ2n) is 14.2. The third-order valence-corrected chi connectivity index (χ3v) is 9.67. The second kappa shape index (κ2) is 30.0. The molecular weight excluding hydrogens is 761 g/mol. The Labute approximate surface area is 350 Å². The molecule has 0 atom stereocenters. The Morgan fingerprint density at radius 2 is 0.932 bits per heavy atom. The molecule has 0 aromatic heterocycles. The summed E-state index contributed by atoms with van der Waals surface area (Å²) in [5.41, 5.74) is 4.60. The molecule has 1 N–H and O–H groups in total. The Hall–Kier alpha value is -4.12. The summed E-state index contributed by atoms with van der Waals surface area (Å²) in [5.74, 6) is -0.406. The van der Waals surface area contributed by atoms with Crippen LogP contribution in [-0.4, -0.2) is 171 Å². The normalized spacial score (nSPS) is 11.9. The molecule has 0 aliphatic heterocycles. The van der Waals surface area contributed by atoms with Crippen molar-refractivity contribution < 1.29 is 52.3 Å². The maximum Gasteiger partial charge on any atom is 0.407 e. The predicted octanol–water partition coefficient (Wildman–Crippen LogP) is 4.36.